The number of rotatable bonds is 8. The Morgan fingerprint density at radius 1 is 1.06 bits per heavy atom. The van der Waals surface area contributed by atoms with Crippen molar-refractivity contribution in [1.82, 2.24) is 4.90 Å². The number of carbonyl (C=O) groups excluding carboxylic acids is 2. The maximum atomic E-state index is 13.1. The zero-order chi connectivity index (χ0) is 25.5. The number of halogens is 3. The number of thioether (sulfide) groups is 1. The molecule has 0 unspecified atom stereocenters. The molecule has 0 aliphatic carbocycles. The minimum atomic E-state index is -3.83. The topological polar surface area (TPSA) is 71.0 Å². The van der Waals surface area contributed by atoms with E-state index in [1.807, 2.05) is 60.7 Å². The van der Waals surface area contributed by atoms with E-state index in [9.17, 15) is 18.4 Å². The molecule has 1 N–H and O–H groups in total. The summed E-state index contributed by atoms with van der Waals surface area (Å²) in [5.41, 5.74) is -1.70. The standard InChI is InChI=1S/C26H22ClF2N3O3S/c27-26(28,29)35-21-13-11-20(12-14-21)30-24(34)22-17-23(33)32(16-15-18-7-3-1-4-8-18)25(36-22)31-19-9-5-2-6-10-19/h1-14,22H,15-17H2,(H,30,34)/t22-/m0/s1. The number of nitrogens with one attached hydrogen (secondary N) is 1. The fourth-order valence-corrected chi connectivity index (χ4v) is 4.74. The molecule has 0 spiro atoms. The van der Waals surface area contributed by atoms with Crippen molar-refractivity contribution in [2.24, 2.45) is 4.99 Å². The van der Waals surface area contributed by atoms with Gasteiger partial charge in [-0.3, -0.25) is 14.5 Å². The number of benzene rings is 3. The normalized spacial score (nSPS) is 17.2. The van der Waals surface area contributed by atoms with Crippen molar-refractivity contribution in [3.63, 3.8) is 0 Å². The van der Waals surface area contributed by atoms with Crippen LogP contribution in [0.2, 0.25) is 0 Å². The van der Waals surface area contributed by atoms with Gasteiger partial charge in [-0.05, 0) is 48.4 Å². The summed E-state index contributed by atoms with van der Waals surface area (Å²) >= 11 is 5.99. The number of aliphatic imine (C=N–C) groups is 1. The summed E-state index contributed by atoms with van der Waals surface area (Å²) in [6.45, 7) is 0.433. The van der Waals surface area contributed by atoms with Crippen molar-refractivity contribution < 1.29 is 23.1 Å². The number of carbonyl (C=O) groups is 2. The van der Waals surface area contributed by atoms with Gasteiger partial charge < -0.3 is 10.1 Å². The molecule has 0 radical (unpaired) electrons. The van der Waals surface area contributed by atoms with Crippen molar-refractivity contribution >= 4 is 51.7 Å². The van der Waals surface area contributed by atoms with Crippen LogP contribution in [-0.2, 0) is 16.0 Å². The minimum absolute atomic E-state index is 0.00123. The summed E-state index contributed by atoms with van der Waals surface area (Å²) in [7, 11) is 0. The van der Waals surface area contributed by atoms with Crippen LogP contribution >= 0.6 is 23.4 Å². The molecule has 0 saturated carbocycles. The van der Waals surface area contributed by atoms with Crippen LogP contribution in [0.25, 0.3) is 0 Å². The SMILES string of the molecule is O=C(Nc1ccc(OC(F)(F)Cl)cc1)[C@@H]1CC(=O)N(CCc2ccccc2)C(=Nc2ccccc2)S1. The lowest BCUT2D eigenvalue weighted by atomic mass is 10.1. The zero-order valence-electron chi connectivity index (χ0n) is 18.9. The molecule has 0 bridgehead atoms. The Labute approximate surface area is 216 Å². The van der Waals surface area contributed by atoms with Gasteiger partial charge in [-0.15, -0.1) is 8.78 Å². The Hall–Kier alpha value is -3.43. The average molecular weight is 530 g/mol. The van der Waals surface area contributed by atoms with Gasteiger partial charge in [-0.1, -0.05) is 60.3 Å². The summed E-state index contributed by atoms with van der Waals surface area (Å²) in [6, 6.07) is 24.4. The molecule has 4 rings (SSSR count). The molecule has 1 aliphatic rings. The molecular formula is C26H22ClF2N3O3S. The van der Waals surface area contributed by atoms with Crippen LogP contribution < -0.4 is 10.1 Å². The van der Waals surface area contributed by atoms with Gasteiger partial charge in [0.1, 0.15) is 11.0 Å². The molecule has 36 heavy (non-hydrogen) atoms. The molecule has 1 fully saturated rings. The molecule has 1 aliphatic heterocycles. The van der Waals surface area contributed by atoms with Gasteiger partial charge in [-0.2, -0.15) is 0 Å². The van der Waals surface area contributed by atoms with Crippen LogP contribution in [-0.4, -0.2) is 39.2 Å². The second-order valence-corrected chi connectivity index (χ2v) is 9.49. The Balaban J connectivity index is 1.48. The van der Waals surface area contributed by atoms with Crippen LogP contribution in [0.5, 0.6) is 5.75 Å². The van der Waals surface area contributed by atoms with E-state index in [0.29, 0.717) is 29.5 Å². The third kappa shape index (κ3) is 7.29. The number of hydrogen-bond acceptors (Lipinski definition) is 5. The molecule has 186 valence electrons. The van der Waals surface area contributed by atoms with Crippen molar-refractivity contribution in [2.75, 3.05) is 11.9 Å². The summed E-state index contributed by atoms with van der Waals surface area (Å²) < 4.78 is 29.9. The number of amidine groups is 1. The van der Waals surface area contributed by atoms with Gasteiger partial charge >= 0.3 is 5.57 Å². The van der Waals surface area contributed by atoms with Gasteiger partial charge in [0, 0.05) is 30.3 Å². The summed E-state index contributed by atoms with van der Waals surface area (Å²) in [6.07, 6.45) is 0.645. The number of para-hydroxylation sites is 1. The molecule has 3 aromatic rings. The van der Waals surface area contributed by atoms with E-state index in [1.54, 1.807) is 4.90 Å². The number of amides is 2. The zero-order valence-corrected chi connectivity index (χ0v) is 20.5. The van der Waals surface area contributed by atoms with E-state index in [2.05, 4.69) is 15.0 Å². The molecule has 1 saturated heterocycles. The van der Waals surface area contributed by atoms with E-state index in [-0.39, 0.29) is 18.1 Å². The Kier molecular flexibility index (Phi) is 8.22. The Morgan fingerprint density at radius 3 is 2.33 bits per heavy atom. The smallest absolute Gasteiger partial charge is 0.420 e. The van der Waals surface area contributed by atoms with Crippen LogP contribution in [0, 0.1) is 0 Å². The fraction of sp³-hybridized carbons (Fsp3) is 0.192. The van der Waals surface area contributed by atoms with E-state index < -0.39 is 16.7 Å². The largest absolute Gasteiger partial charge is 0.487 e. The lowest BCUT2D eigenvalue weighted by molar-refractivity contribution is -0.129. The maximum Gasteiger partial charge on any atom is 0.487 e. The van der Waals surface area contributed by atoms with Crippen molar-refractivity contribution in [1.29, 1.82) is 0 Å². The highest BCUT2D eigenvalue weighted by Crippen LogP contribution is 2.31. The molecule has 3 aromatic carbocycles. The van der Waals surface area contributed by atoms with Gasteiger partial charge in [0.2, 0.25) is 11.8 Å². The Morgan fingerprint density at radius 2 is 1.69 bits per heavy atom. The monoisotopic (exact) mass is 529 g/mol. The molecule has 0 aromatic heterocycles. The van der Waals surface area contributed by atoms with Crippen molar-refractivity contribution in [3.8, 4) is 5.75 Å². The first-order chi connectivity index (χ1) is 17.3. The van der Waals surface area contributed by atoms with Crippen molar-refractivity contribution in [3.05, 3.63) is 90.5 Å². The average Bonchev–Trinajstić information content (AvgIpc) is 2.85. The van der Waals surface area contributed by atoms with E-state index in [1.165, 1.54) is 36.0 Å². The Bertz CT molecular complexity index is 1220. The molecule has 2 amide bonds. The van der Waals surface area contributed by atoms with Crippen LogP contribution in [0.15, 0.2) is 89.9 Å². The lowest BCUT2D eigenvalue weighted by Gasteiger charge is -2.32. The third-order valence-electron chi connectivity index (χ3n) is 5.24. The first-order valence-corrected chi connectivity index (χ1v) is 12.3. The highest BCUT2D eigenvalue weighted by atomic mass is 35.5. The molecule has 6 nitrogen and oxygen atoms in total. The van der Waals surface area contributed by atoms with Crippen LogP contribution in [0.4, 0.5) is 20.2 Å². The number of ether oxygens (including phenoxy) is 1. The van der Waals surface area contributed by atoms with Gasteiger partial charge in [0.15, 0.2) is 5.17 Å². The second kappa shape index (κ2) is 11.5. The molecular weight excluding hydrogens is 508 g/mol. The molecule has 1 atom stereocenters. The third-order valence-corrected chi connectivity index (χ3v) is 6.50. The number of anilines is 1. The van der Waals surface area contributed by atoms with Gasteiger partial charge in [0.25, 0.3) is 0 Å². The predicted octanol–water partition coefficient (Wildman–Crippen LogP) is 6.06. The summed E-state index contributed by atoms with van der Waals surface area (Å²) in [5, 5.41) is 2.45. The first-order valence-electron chi connectivity index (χ1n) is 11.1. The second-order valence-electron chi connectivity index (χ2n) is 7.88. The van der Waals surface area contributed by atoms with E-state index in [0.717, 1.165) is 5.56 Å². The number of nitrogens with zero attached hydrogens (tertiary/aromatic N) is 2. The van der Waals surface area contributed by atoms with Crippen LogP contribution in [0.3, 0.4) is 0 Å². The van der Waals surface area contributed by atoms with E-state index in [4.69, 9.17) is 11.6 Å². The lowest BCUT2D eigenvalue weighted by Crippen LogP contribution is -2.46. The highest BCUT2D eigenvalue weighted by Gasteiger charge is 2.36. The minimum Gasteiger partial charge on any atom is -0.420 e. The molecule has 1 heterocycles. The van der Waals surface area contributed by atoms with Crippen molar-refractivity contribution in [2.45, 2.75) is 23.7 Å². The highest BCUT2D eigenvalue weighted by molar-refractivity contribution is 8.15. The first kappa shape index (κ1) is 25.7. The summed E-state index contributed by atoms with van der Waals surface area (Å²) in [5.74, 6) is -0.748. The number of hydrogen-bond donors (Lipinski definition) is 1. The van der Waals surface area contributed by atoms with E-state index >= 15 is 0 Å². The van der Waals surface area contributed by atoms with Gasteiger partial charge in [-0.25, -0.2) is 4.99 Å². The number of alkyl halides is 3. The quantitative estimate of drug-likeness (QED) is 0.360. The van der Waals surface area contributed by atoms with Gasteiger partial charge in [0.05, 0.1) is 5.69 Å². The maximum absolute atomic E-state index is 13.1. The predicted molar refractivity (Wildman–Crippen MR) is 138 cm³/mol. The molecule has 10 heteroatoms. The van der Waals surface area contributed by atoms with Crippen LogP contribution in [0.1, 0.15) is 12.0 Å². The summed E-state index contributed by atoms with van der Waals surface area (Å²) in [4.78, 5) is 32.4. The fourth-order valence-electron chi connectivity index (χ4n) is 3.52.